The van der Waals surface area contributed by atoms with Gasteiger partial charge in [-0.2, -0.15) is 0 Å². The molecule has 0 radical (unpaired) electrons. The molecule has 0 aliphatic heterocycles. The molecule has 6 N–H and O–H groups in total. The molecule has 8 nitrogen and oxygen atoms in total. The van der Waals surface area contributed by atoms with E-state index in [-0.39, 0.29) is 22.8 Å². The molecule has 184 valence electrons. The highest BCUT2D eigenvalue weighted by atomic mass is 19.3. The van der Waals surface area contributed by atoms with Crippen LogP contribution in [0.15, 0.2) is 24.4 Å². The van der Waals surface area contributed by atoms with E-state index >= 15 is 0 Å². The molecule has 2 bridgehead atoms. The van der Waals surface area contributed by atoms with Gasteiger partial charge in [0.25, 0.3) is 12.3 Å². The van der Waals surface area contributed by atoms with Crippen molar-refractivity contribution in [1.82, 2.24) is 15.3 Å². The minimum atomic E-state index is -3.23. The van der Waals surface area contributed by atoms with E-state index in [1.807, 2.05) is 23.5 Å². The third-order valence-electron chi connectivity index (χ3n) is 7.41. The highest BCUT2D eigenvalue weighted by Crippen LogP contribution is 2.50. The molecule has 1 heterocycles. The van der Waals surface area contributed by atoms with Gasteiger partial charge in [-0.15, -0.1) is 0 Å². The Balaban J connectivity index is 1.76. The van der Waals surface area contributed by atoms with Gasteiger partial charge in [0.2, 0.25) is 0 Å². The number of anilines is 1. The summed E-state index contributed by atoms with van der Waals surface area (Å²) in [5.74, 6) is -0.599. The van der Waals surface area contributed by atoms with Crippen molar-refractivity contribution in [2.45, 2.75) is 60.4 Å². The number of nitrogens with zero attached hydrogens (tertiary/aromatic N) is 2. The van der Waals surface area contributed by atoms with Gasteiger partial charge in [0.05, 0.1) is 47.6 Å². The first-order valence-corrected chi connectivity index (χ1v) is 11.7. The van der Waals surface area contributed by atoms with E-state index in [0.717, 1.165) is 5.56 Å². The lowest BCUT2D eigenvalue weighted by atomic mass is 9.39. The summed E-state index contributed by atoms with van der Waals surface area (Å²) < 4.78 is 27.3. The Morgan fingerprint density at radius 2 is 1.89 bits per heavy atom. The molecule has 2 aromatic rings. The number of rotatable bonds is 7. The highest BCUT2D eigenvalue weighted by Gasteiger charge is 2.54. The number of nitrogens with one attached hydrogen (secondary N) is 1. The first-order chi connectivity index (χ1) is 16.2. The van der Waals surface area contributed by atoms with Gasteiger partial charge < -0.3 is 26.4 Å². The largest absolute Gasteiger partial charge is 0.393 e. The number of fused-ring (bicyclic) bond motifs is 2. The fourth-order valence-electron chi connectivity index (χ4n) is 5.31. The molecule has 35 heavy (non-hydrogen) atoms. The molecular weight excluding hydrogens is 455 g/mol. The minimum Gasteiger partial charge on any atom is -0.393 e. The quantitative estimate of drug-likeness (QED) is 0.297. The molecule has 0 spiro atoms. The Hall–Kier alpha value is -2.50. The van der Waals surface area contributed by atoms with Gasteiger partial charge in [-0.25, -0.2) is 18.7 Å². The number of amides is 1. The Labute approximate surface area is 205 Å². The summed E-state index contributed by atoms with van der Waals surface area (Å²) in [5.41, 5.74) is 3.02. The lowest BCUT2D eigenvalue weighted by Gasteiger charge is -2.29. The molecule has 13 heteroatoms. The number of hydrogen-bond acceptors (Lipinski definition) is 7. The number of carbonyl (C=O) groups is 1. The fourth-order valence-corrected chi connectivity index (χ4v) is 5.31. The molecule has 1 unspecified atom stereocenters. The van der Waals surface area contributed by atoms with Crippen molar-refractivity contribution in [3.8, 4) is 11.3 Å². The zero-order valence-corrected chi connectivity index (χ0v) is 20.1. The van der Waals surface area contributed by atoms with Crippen LogP contribution in [0.3, 0.4) is 0 Å². The molecule has 2 saturated carbocycles. The summed E-state index contributed by atoms with van der Waals surface area (Å²) >= 11 is 0. The monoisotopic (exact) mass is 484 g/mol. The maximum absolute atomic E-state index is 13.6. The molecule has 1 aromatic heterocycles. The van der Waals surface area contributed by atoms with Crippen LogP contribution in [0, 0.1) is 0 Å². The van der Waals surface area contributed by atoms with Crippen LogP contribution in [0.25, 0.3) is 11.3 Å². The Morgan fingerprint density at radius 1 is 1.23 bits per heavy atom. The van der Waals surface area contributed by atoms with Crippen molar-refractivity contribution in [3.05, 3.63) is 41.2 Å². The van der Waals surface area contributed by atoms with E-state index in [2.05, 4.69) is 15.3 Å². The van der Waals surface area contributed by atoms with Crippen LogP contribution in [0.4, 0.5) is 14.6 Å². The molecular formula is C22H29B3F2N4O4. The lowest BCUT2D eigenvalue weighted by Crippen LogP contribution is -2.45. The van der Waals surface area contributed by atoms with Crippen LogP contribution in [-0.2, 0) is 10.7 Å². The van der Waals surface area contributed by atoms with E-state index in [0.29, 0.717) is 37.7 Å². The standard InChI is InChI=1S/C22H29B3F2N4O4/c23-22(24,25)13-2-1-11(21(35,10-32)18(26)27)7-12(13)14-8-29-16(28)15(30-14)17(33)31-19-3-5-20(34,9-19)6-4-19/h1-2,7-8,18,32,34-35H,3-6,9-10,23-25H2,(H2,28,29)(H,31,33). The summed E-state index contributed by atoms with van der Waals surface area (Å²) in [4.78, 5) is 21.8. The zero-order chi connectivity index (χ0) is 25.8. The first kappa shape index (κ1) is 25.6. The number of aliphatic hydroxyl groups excluding tert-OH is 1. The summed E-state index contributed by atoms with van der Waals surface area (Å²) in [6, 6.07) is 4.30. The lowest BCUT2D eigenvalue weighted by molar-refractivity contribution is -0.129. The van der Waals surface area contributed by atoms with E-state index in [1.165, 1.54) is 18.3 Å². The number of aliphatic hydroxyl groups is 3. The number of alkyl halides is 2. The van der Waals surface area contributed by atoms with Crippen molar-refractivity contribution in [1.29, 1.82) is 0 Å². The number of halogens is 2. The molecule has 0 saturated heterocycles. The Kier molecular flexibility index (Phi) is 6.26. The predicted octanol–water partition coefficient (Wildman–Crippen LogP) is -1.64. The topological polar surface area (TPSA) is 142 Å². The van der Waals surface area contributed by atoms with Crippen LogP contribution >= 0.6 is 0 Å². The van der Waals surface area contributed by atoms with Crippen LogP contribution in [0.1, 0.15) is 53.7 Å². The smallest absolute Gasteiger partial charge is 0.274 e. The molecule has 1 aromatic carbocycles. The second-order valence-electron chi connectivity index (χ2n) is 11.0. The minimum absolute atomic E-state index is 0.0817. The van der Waals surface area contributed by atoms with Crippen LogP contribution in [0.5, 0.6) is 0 Å². The number of aromatic nitrogens is 2. The van der Waals surface area contributed by atoms with Gasteiger partial charge in [-0.05, 0) is 43.7 Å². The molecule has 1 amide bonds. The number of nitrogen functional groups attached to an aromatic ring is 1. The van der Waals surface area contributed by atoms with Gasteiger partial charge in [0, 0.05) is 11.1 Å². The van der Waals surface area contributed by atoms with E-state index in [9.17, 15) is 28.9 Å². The predicted molar refractivity (Wildman–Crippen MR) is 134 cm³/mol. The summed E-state index contributed by atoms with van der Waals surface area (Å²) in [7, 11) is 5.78. The summed E-state index contributed by atoms with van der Waals surface area (Å²) in [6.45, 7) is -1.17. The van der Waals surface area contributed by atoms with E-state index < -0.39 is 40.8 Å². The fraction of sp³-hybridized carbons (Fsp3) is 0.500. The number of benzene rings is 1. The Bertz CT molecular complexity index is 1160. The number of hydrogen-bond donors (Lipinski definition) is 5. The molecule has 2 aliphatic carbocycles. The van der Waals surface area contributed by atoms with Crippen molar-refractivity contribution >= 4 is 35.3 Å². The first-order valence-electron chi connectivity index (χ1n) is 11.7. The van der Waals surface area contributed by atoms with Crippen molar-refractivity contribution < 1.29 is 28.9 Å². The zero-order valence-electron chi connectivity index (χ0n) is 20.1. The maximum Gasteiger partial charge on any atom is 0.274 e. The normalized spacial score (nSPS) is 25.5. The molecule has 2 aliphatic rings. The van der Waals surface area contributed by atoms with Gasteiger partial charge in [-0.1, -0.05) is 22.8 Å². The van der Waals surface area contributed by atoms with Gasteiger partial charge in [0.1, 0.15) is 0 Å². The van der Waals surface area contributed by atoms with E-state index in [1.54, 1.807) is 6.07 Å². The Morgan fingerprint density at radius 3 is 2.40 bits per heavy atom. The molecule has 2 fully saturated rings. The second-order valence-corrected chi connectivity index (χ2v) is 11.0. The third-order valence-corrected chi connectivity index (χ3v) is 7.41. The third kappa shape index (κ3) is 4.57. The molecule has 1 atom stereocenters. The van der Waals surface area contributed by atoms with Gasteiger partial charge in [-0.3, -0.25) is 4.79 Å². The number of carbonyl (C=O) groups excluding carboxylic acids is 1. The van der Waals surface area contributed by atoms with Crippen molar-refractivity contribution in [3.63, 3.8) is 0 Å². The van der Waals surface area contributed by atoms with Crippen molar-refractivity contribution in [2.75, 3.05) is 12.3 Å². The summed E-state index contributed by atoms with van der Waals surface area (Å²) in [6.07, 6.45) is 1.15. The van der Waals surface area contributed by atoms with Gasteiger partial charge in [0.15, 0.2) is 17.1 Å². The van der Waals surface area contributed by atoms with Crippen LogP contribution in [0.2, 0.25) is 0 Å². The van der Waals surface area contributed by atoms with Crippen LogP contribution in [-0.4, -0.2) is 78.9 Å². The van der Waals surface area contributed by atoms with Crippen molar-refractivity contribution in [2.24, 2.45) is 0 Å². The number of nitrogens with two attached hydrogens (primary N) is 1. The maximum atomic E-state index is 13.6. The highest BCUT2D eigenvalue weighted by molar-refractivity contribution is 6.59. The molecule has 4 rings (SSSR count). The average molecular weight is 484 g/mol. The average Bonchev–Trinajstić information content (AvgIpc) is 3.30. The van der Waals surface area contributed by atoms with Gasteiger partial charge >= 0.3 is 0 Å². The SMILES string of the molecule is BC(B)(B)c1ccc(C(O)(CO)C(F)F)cc1-c1cnc(N)c(C(=O)NC23CCC(O)(CC2)C3)n1. The summed E-state index contributed by atoms with van der Waals surface area (Å²) in [5, 5.41) is 33.0. The van der Waals surface area contributed by atoms with Crippen LogP contribution < -0.4 is 11.1 Å². The van der Waals surface area contributed by atoms with E-state index in [4.69, 9.17) is 5.73 Å². The second kappa shape index (κ2) is 8.57.